The molecule has 3 aromatic rings. The molecule has 0 unspecified atom stereocenters. The van der Waals surface area contributed by atoms with E-state index in [0.29, 0.717) is 16.4 Å². The highest BCUT2D eigenvalue weighted by Gasteiger charge is 2.08. The zero-order valence-corrected chi connectivity index (χ0v) is 10.2. The van der Waals surface area contributed by atoms with Crippen LogP contribution in [-0.4, -0.2) is 29.2 Å². The Kier molecular flexibility index (Phi) is 2.41. The maximum atomic E-state index is 12.1. The summed E-state index contributed by atoms with van der Waals surface area (Å²) in [5, 5.41) is 12.7. The van der Waals surface area contributed by atoms with Crippen molar-refractivity contribution in [3.63, 3.8) is 0 Å². The molecule has 18 heavy (non-hydrogen) atoms. The summed E-state index contributed by atoms with van der Waals surface area (Å²) < 4.78 is 4.30. The molecule has 0 spiro atoms. The van der Waals surface area contributed by atoms with Gasteiger partial charge in [-0.05, 0) is 6.07 Å². The monoisotopic (exact) mass is 264 g/mol. The van der Waals surface area contributed by atoms with Gasteiger partial charge in [-0.3, -0.25) is 9.48 Å². The Balaban J connectivity index is 2.04. The van der Waals surface area contributed by atoms with E-state index in [1.807, 2.05) is 0 Å². The van der Waals surface area contributed by atoms with Crippen molar-refractivity contribution in [1.29, 1.82) is 0 Å². The third-order valence-corrected chi connectivity index (χ3v) is 2.96. The molecule has 3 aromatic heterocycles. The molecule has 0 aliphatic rings. The van der Waals surface area contributed by atoms with Crippen molar-refractivity contribution in [3.8, 4) is 0 Å². The van der Waals surface area contributed by atoms with Gasteiger partial charge in [0.05, 0.1) is 18.4 Å². The fourth-order valence-electron chi connectivity index (χ4n) is 1.72. The number of hydrogen-bond acceptors (Lipinski definition) is 4. The van der Waals surface area contributed by atoms with Crippen molar-refractivity contribution in [2.24, 2.45) is 7.05 Å². The van der Waals surface area contributed by atoms with E-state index in [0.717, 1.165) is 0 Å². The number of nitrogens with zero attached hydrogens (tertiary/aromatic N) is 6. The zero-order chi connectivity index (χ0) is 12.7. The van der Waals surface area contributed by atoms with E-state index in [1.54, 1.807) is 30.1 Å². The number of halogens is 1. The molecule has 0 saturated heterocycles. The molecule has 3 heterocycles. The maximum Gasteiger partial charge on any atom is 0.293 e. The first-order valence-corrected chi connectivity index (χ1v) is 5.61. The Morgan fingerprint density at radius 2 is 2.22 bits per heavy atom. The Morgan fingerprint density at radius 1 is 1.39 bits per heavy atom. The lowest BCUT2D eigenvalue weighted by Crippen LogP contribution is -2.25. The van der Waals surface area contributed by atoms with Gasteiger partial charge in [0.2, 0.25) is 0 Å². The van der Waals surface area contributed by atoms with Gasteiger partial charge in [-0.25, -0.2) is 9.20 Å². The predicted molar refractivity (Wildman–Crippen MR) is 64.6 cm³/mol. The van der Waals surface area contributed by atoms with Gasteiger partial charge in [0, 0.05) is 13.1 Å². The third-order valence-electron chi connectivity index (χ3n) is 2.61. The molecule has 8 heteroatoms. The predicted octanol–water partition coefficient (Wildman–Crippen LogP) is 0.326. The second-order valence-corrected chi connectivity index (χ2v) is 4.22. The highest BCUT2D eigenvalue weighted by atomic mass is 35.5. The van der Waals surface area contributed by atoms with E-state index >= 15 is 0 Å². The van der Waals surface area contributed by atoms with Crippen molar-refractivity contribution in [2.75, 3.05) is 0 Å². The van der Waals surface area contributed by atoms with Crippen LogP contribution in [0.15, 0.2) is 29.5 Å². The standard InChI is InChI=1S/C10H9ClN6O/c1-15-9(11)4-7(14-15)5-16-10(18)8-2-3-12-17(8)6-13-16/h2-4,6H,5H2,1H3. The van der Waals surface area contributed by atoms with Crippen LogP contribution in [0.2, 0.25) is 5.15 Å². The molecular weight excluding hydrogens is 256 g/mol. The number of fused-ring (bicyclic) bond motifs is 1. The molecule has 0 aliphatic heterocycles. The summed E-state index contributed by atoms with van der Waals surface area (Å²) in [4.78, 5) is 12.1. The first-order valence-electron chi connectivity index (χ1n) is 5.23. The number of hydrogen-bond donors (Lipinski definition) is 0. The number of rotatable bonds is 2. The summed E-state index contributed by atoms with van der Waals surface area (Å²) in [6.45, 7) is 0.279. The second-order valence-electron chi connectivity index (χ2n) is 3.84. The Morgan fingerprint density at radius 3 is 2.94 bits per heavy atom. The summed E-state index contributed by atoms with van der Waals surface area (Å²) >= 11 is 5.89. The van der Waals surface area contributed by atoms with Crippen molar-refractivity contribution < 1.29 is 0 Å². The van der Waals surface area contributed by atoms with Crippen LogP contribution in [0.5, 0.6) is 0 Å². The van der Waals surface area contributed by atoms with E-state index in [9.17, 15) is 4.79 Å². The van der Waals surface area contributed by atoms with Crippen LogP contribution >= 0.6 is 11.6 Å². The van der Waals surface area contributed by atoms with Gasteiger partial charge in [0.1, 0.15) is 17.0 Å². The molecule has 0 atom stereocenters. The van der Waals surface area contributed by atoms with E-state index < -0.39 is 0 Å². The lowest BCUT2D eigenvalue weighted by molar-refractivity contribution is 0.600. The highest BCUT2D eigenvalue weighted by Crippen LogP contribution is 2.09. The zero-order valence-electron chi connectivity index (χ0n) is 9.49. The third kappa shape index (κ3) is 1.68. The van der Waals surface area contributed by atoms with E-state index in [4.69, 9.17) is 11.6 Å². The lowest BCUT2D eigenvalue weighted by atomic mass is 10.4. The van der Waals surface area contributed by atoms with Gasteiger partial charge >= 0.3 is 0 Å². The topological polar surface area (TPSA) is 70.0 Å². The smallest absolute Gasteiger partial charge is 0.265 e. The lowest BCUT2D eigenvalue weighted by Gasteiger charge is -2.01. The fourth-order valence-corrected chi connectivity index (χ4v) is 1.88. The van der Waals surface area contributed by atoms with Crippen molar-refractivity contribution in [3.05, 3.63) is 45.9 Å². The van der Waals surface area contributed by atoms with Crippen LogP contribution in [0.3, 0.4) is 0 Å². The molecule has 0 bridgehead atoms. The van der Waals surface area contributed by atoms with E-state index in [1.165, 1.54) is 15.5 Å². The van der Waals surface area contributed by atoms with Gasteiger partial charge in [0.15, 0.2) is 0 Å². The molecule has 0 amide bonds. The first kappa shape index (κ1) is 11.0. The van der Waals surface area contributed by atoms with Crippen molar-refractivity contribution >= 4 is 17.1 Å². The molecule has 7 nitrogen and oxygen atoms in total. The van der Waals surface area contributed by atoms with Crippen LogP contribution < -0.4 is 5.56 Å². The SMILES string of the molecule is Cn1nc(Cn2ncn3nccc3c2=O)cc1Cl. The minimum absolute atomic E-state index is 0.211. The Hall–Kier alpha value is -2.15. The van der Waals surface area contributed by atoms with Crippen LogP contribution in [0.1, 0.15) is 5.69 Å². The summed E-state index contributed by atoms with van der Waals surface area (Å²) in [6, 6.07) is 3.35. The molecular formula is C10H9ClN6O. The van der Waals surface area contributed by atoms with Crippen LogP contribution in [0.25, 0.3) is 5.52 Å². The maximum absolute atomic E-state index is 12.1. The van der Waals surface area contributed by atoms with Gasteiger partial charge in [-0.2, -0.15) is 15.3 Å². The van der Waals surface area contributed by atoms with Crippen LogP contribution in [-0.2, 0) is 13.6 Å². The van der Waals surface area contributed by atoms with Gasteiger partial charge < -0.3 is 0 Å². The molecule has 0 N–H and O–H groups in total. The van der Waals surface area contributed by atoms with Crippen LogP contribution in [0.4, 0.5) is 0 Å². The molecule has 0 aromatic carbocycles. The molecule has 0 aliphatic carbocycles. The van der Waals surface area contributed by atoms with Gasteiger partial charge in [-0.15, -0.1) is 0 Å². The number of aromatic nitrogens is 6. The molecule has 0 radical (unpaired) electrons. The van der Waals surface area contributed by atoms with E-state index in [-0.39, 0.29) is 12.1 Å². The fraction of sp³-hybridized carbons (Fsp3) is 0.200. The summed E-state index contributed by atoms with van der Waals surface area (Å²) in [5.41, 5.74) is 0.949. The second kappa shape index (κ2) is 3.95. The first-order chi connectivity index (χ1) is 8.65. The van der Waals surface area contributed by atoms with E-state index in [2.05, 4.69) is 15.3 Å². The molecule has 92 valence electrons. The quantitative estimate of drug-likeness (QED) is 0.669. The van der Waals surface area contributed by atoms with Gasteiger partial charge in [-0.1, -0.05) is 11.6 Å². The average Bonchev–Trinajstić information content (AvgIpc) is 2.91. The largest absolute Gasteiger partial charge is 0.293 e. The average molecular weight is 265 g/mol. The summed E-state index contributed by atoms with van der Waals surface area (Å²) in [7, 11) is 1.74. The summed E-state index contributed by atoms with van der Waals surface area (Å²) in [5.74, 6) is 0. The van der Waals surface area contributed by atoms with Gasteiger partial charge in [0.25, 0.3) is 5.56 Å². The number of aryl methyl sites for hydroxylation is 1. The summed E-state index contributed by atoms with van der Waals surface area (Å²) in [6.07, 6.45) is 3.04. The van der Waals surface area contributed by atoms with Crippen molar-refractivity contribution in [1.82, 2.24) is 29.2 Å². The highest BCUT2D eigenvalue weighted by molar-refractivity contribution is 6.29. The Bertz CT molecular complexity index is 751. The molecule has 3 rings (SSSR count). The minimum atomic E-state index is -0.211. The Labute approximate surface area is 106 Å². The normalized spacial score (nSPS) is 11.2. The molecule has 0 fully saturated rings. The molecule has 0 saturated carbocycles. The van der Waals surface area contributed by atoms with Crippen molar-refractivity contribution in [2.45, 2.75) is 6.54 Å². The van der Waals surface area contributed by atoms with Crippen LogP contribution in [0, 0.1) is 0 Å². The minimum Gasteiger partial charge on any atom is -0.265 e.